The lowest BCUT2D eigenvalue weighted by Gasteiger charge is -2.61. The Morgan fingerprint density at radius 3 is 2.42 bits per heavy atom. The van der Waals surface area contributed by atoms with E-state index in [2.05, 4.69) is 31.0 Å². The van der Waals surface area contributed by atoms with Crippen LogP contribution in [0.5, 0.6) is 0 Å². The highest BCUT2D eigenvalue weighted by molar-refractivity contribution is 5.91. The largest absolute Gasteiger partial charge is 0.396 e. The average Bonchev–Trinajstić information content (AvgIpc) is 3.08. The molecule has 0 bridgehead atoms. The van der Waals surface area contributed by atoms with Crippen molar-refractivity contribution in [3.8, 4) is 11.8 Å². The first-order chi connectivity index (χ1) is 14.9. The molecule has 1 aliphatic heterocycles. The molecule has 1 saturated heterocycles. The van der Waals surface area contributed by atoms with E-state index >= 15 is 0 Å². The topological polar surface area (TPSA) is 66.4 Å². The minimum Gasteiger partial charge on any atom is -0.396 e. The van der Waals surface area contributed by atoms with Crippen molar-refractivity contribution in [3.05, 3.63) is 0 Å². The van der Waals surface area contributed by atoms with Crippen LogP contribution in [0.25, 0.3) is 0 Å². The molecule has 0 aromatic carbocycles. The molecular formula is C27H39NO3. The third kappa shape index (κ3) is 3.34. The van der Waals surface area contributed by atoms with Crippen molar-refractivity contribution in [1.82, 2.24) is 5.32 Å². The van der Waals surface area contributed by atoms with Gasteiger partial charge in [-0.25, -0.2) is 0 Å². The maximum atomic E-state index is 13.8. The van der Waals surface area contributed by atoms with Gasteiger partial charge < -0.3 is 10.4 Å². The van der Waals surface area contributed by atoms with E-state index < -0.39 is 0 Å². The van der Waals surface area contributed by atoms with Crippen molar-refractivity contribution in [3.63, 3.8) is 0 Å². The van der Waals surface area contributed by atoms with E-state index in [0.29, 0.717) is 30.0 Å². The van der Waals surface area contributed by atoms with E-state index in [1.54, 1.807) is 0 Å². The molecule has 0 spiro atoms. The minimum atomic E-state index is -0.308. The first kappa shape index (κ1) is 21.7. The molecule has 2 N–H and O–H groups in total. The SMILES string of the molecule is C[C@]12CC[C@H](C#CC3CCNCC3)CC1[C@@H](CO)C(=O)[C@@H]1[C@@H]2CC[C@]2(C)C(=O)CC[C@@H]12. The van der Waals surface area contributed by atoms with Gasteiger partial charge in [0.05, 0.1) is 6.61 Å². The second-order valence-electron chi connectivity index (χ2n) is 11.7. The van der Waals surface area contributed by atoms with E-state index in [-0.39, 0.29) is 46.9 Å². The summed E-state index contributed by atoms with van der Waals surface area (Å²) in [5.41, 5.74) is -0.219. The third-order valence-electron chi connectivity index (χ3n) is 10.5. The van der Waals surface area contributed by atoms with Gasteiger partial charge in [-0.1, -0.05) is 25.7 Å². The molecule has 4 saturated carbocycles. The molecule has 5 aliphatic rings. The Morgan fingerprint density at radius 1 is 0.935 bits per heavy atom. The fraction of sp³-hybridized carbons (Fsp3) is 0.852. The number of carbonyl (C=O) groups is 2. The minimum absolute atomic E-state index is 0.0269. The molecule has 8 atom stereocenters. The Balaban J connectivity index is 1.40. The van der Waals surface area contributed by atoms with Crippen molar-refractivity contribution >= 4 is 11.6 Å². The van der Waals surface area contributed by atoms with E-state index in [1.165, 1.54) is 0 Å². The normalized spacial score (nSPS) is 47.7. The zero-order valence-corrected chi connectivity index (χ0v) is 19.3. The lowest BCUT2D eigenvalue weighted by atomic mass is 9.42. The average molecular weight is 426 g/mol. The molecule has 1 unspecified atom stereocenters. The standard InChI is InChI=1S/C27H39NO3/c1-26-11-7-18(4-3-17-9-13-28-14-10-17)15-22(26)19(16-29)25(31)24-20-5-6-23(30)27(20,2)12-8-21(24)26/h17-22,24,28-29H,5-16H2,1-2H3/t18-,19+,20-,21-,22?,24-,26+,27-/m0/s1. The van der Waals surface area contributed by atoms with Crippen molar-refractivity contribution in [2.45, 2.75) is 71.6 Å². The van der Waals surface area contributed by atoms with Crippen molar-refractivity contribution in [2.24, 2.45) is 52.3 Å². The van der Waals surface area contributed by atoms with Crippen LogP contribution in [0.3, 0.4) is 0 Å². The number of rotatable bonds is 1. The van der Waals surface area contributed by atoms with Crippen LogP contribution in [0.1, 0.15) is 71.6 Å². The Bertz CT molecular complexity index is 805. The molecule has 31 heavy (non-hydrogen) atoms. The number of hydrogen-bond donors (Lipinski definition) is 2. The molecule has 1 heterocycles. The number of piperidine rings is 1. The summed E-state index contributed by atoms with van der Waals surface area (Å²) in [6, 6.07) is 0. The summed E-state index contributed by atoms with van der Waals surface area (Å²) in [4.78, 5) is 26.5. The zero-order valence-electron chi connectivity index (χ0n) is 19.3. The highest BCUT2D eigenvalue weighted by Crippen LogP contribution is 2.66. The summed E-state index contributed by atoms with van der Waals surface area (Å²) in [6.07, 6.45) is 8.88. The number of nitrogens with one attached hydrogen (secondary N) is 1. The fourth-order valence-electron chi connectivity index (χ4n) is 8.49. The van der Waals surface area contributed by atoms with Crippen LogP contribution in [0.4, 0.5) is 0 Å². The first-order valence-electron chi connectivity index (χ1n) is 12.8. The zero-order chi connectivity index (χ0) is 21.8. The van der Waals surface area contributed by atoms with Gasteiger partial charge in [0, 0.05) is 35.5 Å². The molecule has 4 nitrogen and oxygen atoms in total. The number of aliphatic hydroxyl groups is 1. The second-order valence-corrected chi connectivity index (χ2v) is 11.7. The second kappa shape index (κ2) is 7.99. The molecule has 5 fully saturated rings. The van der Waals surface area contributed by atoms with E-state index in [0.717, 1.165) is 64.5 Å². The van der Waals surface area contributed by atoms with Crippen LogP contribution >= 0.6 is 0 Å². The molecule has 0 amide bonds. The maximum absolute atomic E-state index is 13.8. The predicted molar refractivity (Wildman–Crippen MR) is 120 cm³/mol. The van der Waals surface area contributed by atoms with Gasteiger partial charge in [-0.15, -0.1) is 0 Å². The maximum Gasteiger partial charge on any atom is 0.142 e. The molecule has 0 aromatic rings. The van der Waals surface area contributed by atoms with Gasteiger partial charge in [0.15, 0.2) is 0 Å². The first-order valence-corrected chi connectivity index (χ1v) is 12.8. The van der Waals surface area contributed by atoms with Gasteiger partial charge in [-0.2, -0.15) is 0 Å². The Hall–Kier alpha value is -1.18. The van der Waals surface area contributed by atoms with Crippen molar-refractivity contribution in [2.75, 3.05) is 19.7 Å². The summed E-state index contributed by atoms with van der Waals surface area (Å²) in [6.45, 7) is 6.61. The lowest BCUT2D eigenvalue weighted by molar-refractivity contribution is -0.170. The van der Waals surface area contributed by atoms with Crippen LogP contribution in [0.15, 0.2) is 0 Å². The van der Waals surface area contributed by atoms with E-state index in [1.807, 2.05) is 0 Å². The Morgan fingerprint density at radius 2 is 1.68 bits per heavy atom. The number of fused-ring (bicyclic) bond motifs is 5. The van der Waals surface area contributed by atoms with Crippen LogP contribution in [0.2, 0.25) is 0 Å². The quantitative estimate of drug-likeness (QED) is 0.630. The Labute approximate surface area is 187 Å². The third-order valence-corrected chi connectivity index (χ3v) is 10.5. The van der Waals surface area contributed by atoms with Gasteiger partial charge in [0.1, 0.15) is 11.6 Å². The molecule has 4 aliphatic carbocycles. The van der Waals surface area contributed by atoms with Crippen molar-refractivity contribution < 1.29 is 14.7 Å². The van der Waals surface area contributed by atoms with Crippen LogP contribution < -0.4 is 5.32 Å². The lowest BCUT2D eigenvalue weighted by Crippen LogP contribution is -2.61. The highest BCUT2D eigenvalue weighted by Gasteiger charge is 2.65. The van der Waals surface area contributed by atoms with E-state index in [4.69, 9.17) is 0 Å². The smallest absolute Gasteiger partial charge is 0.142 e. The Kier molecular flexibility index (Phi) is 5.58. The summed E-state index contributed by atoms with van der Waals surface area (Å²) in [7, 11) is 0. The number of Topliss-reactive ketones (excluding diaryl/α,β-unsaturated/α-hetero) is 2. The van der Waals surface area contributed by atoms with Gasteiger partial charge in [-0.3, -0.25) is 9.59 Å². The highest BCUT2D eigenvalue weighted by atomic mass is 16.3. The summed E-state index contributed by atoms with van der Waals surface area (Å²) >= 11 is 0. The number of ketones is 2. The fourth-order valence-corrected chi connectivity index (χ4v) is 8.49. The molecule has 170 valence electrons. The van der Waals surface area contributed by atoms with Gasteiger partial charge in [0.25, 0.3) is 0 Å². The summed E-state index contributed by atoms with van der Waals surface area (Å²) in [5, 5.41) is 13.8. The molecule has 0 aromatic heterocycles. The number of carbonyl (C=O) groups excluding carboxylic acids is 2. The summed E-state index contributed by atoms with van der Waals surface area (Å²) < 4.78 is 0. The molecular weight excluding hydrogens is 386 g/mol. The van der Waals surface area contributed by atoms with E-state index in [9.17, 15) is 14.7 Å². The molecule has 5 rings (SSSR count). The van der Waals surface area contributed by atoms with Crippen LogP contribution in [-0.4, -0.2) is 36.4 Å². The van der Waals surface area contributed by atoms with Crippen molar-refractivity contribution in [1.29, 1.82) is 0 Å². The van der Waals surface area contributed by atoms with Gasteiger partial charge in [-0.05, 0) is 87.6 Å². The van der Waals surface area contributed by atoms with Crippen LogP contribution in [-0.2, 0) is 9.59 Å². The number of hydrogen-bond acceptors (Lipinski definition) is 4. The summed E-state index contributed by atoms with van der Waals surface area (Å²) in [5.74, 6) is 9.17. The van der Waals surface area contributed by atoms with Gasteiger partial charge >= 0.3 is 0 Å². The predicted octanol–water partition coefficient (Wildman–Crippen LogP) is 3.61. The monoisotopic (exact) mass is 425 g/mol. The van der Waals surface area contributed by atoms with Gasteiger partial charge in [0.2, 0.25) is 0 Å². The molecule has 4 heteroatoms. The number of aliphatic hydroxyl groups excluding tert-OH is 1. The molecule has 0 radical (unpaired) electrons. The van der Waals surface area contributed by atoms with Crippen LogP contribution in [0, 0.1) is 64.1 Å².